The van der Waals surface area contributed by atoms with Crippen molar-refractivity contribution in [1.29, 1.82) is 0 Å². The van der Waals surface area contributed by atoms with Crippen LogP contribution in [-0.4, -0.2) is 44.8 Å². The Kier molecular flexibility index (Phi) is 9.27. The van der Waals surface area contributed by atoms with Crippen molar-refractivity contribution >= 4 is 21.5 Å². The van der Waals surface area contributed by atoms with E-state index in [1.165, 1.54) is 12.3 Å². The summed E-state index contributed by atoms with van der Waals surface area (Å²) in [4.78, 5) is 36.7. The first kappa shape index (κ1) is 28.3. The number of rotatable bonds is 12. The molecule has 2 heterocycles. The number of nitrogens with two attached hydrogens (primary N) is 1. The van der Waals surface area contributed by atoms with Crippen LogP contribution in [0.1, 0.15) is 17.2 Å². The van der Waals surface area contributed by atoms with E-state index >= 15 is 0 Å². The molecule has 38 heavy (non-hydrogen) atoms. The standard InChI is InChI=1S/C23H27N3O10P2/c24-21-11-12-26(23(27)25-21)19-15-32-20(16-35-37(28,29)33-13-17-7-3-1-4-8-17)22(19)36-38(30,31)34-14-18-9-5-2-6-10-18/h1-12,19-20,22H,13-16H2,(H,28,29)(H,30,31)(H2,24,25,27)/t19?,20-,22+/m1/s1. The maximum Gasteiger partial charge on any atom is 0.472 e. The van der Waals surface area contributed by atoms with Crippen molar-refractivity contribution in [3.05, 3.63) is 94.5 Å². The van der Waals surface area contributed by atoms with Crippen LogP contribution in [0, 0.1) is 0 Å². The number of anilines is 1. The highest BCUT2D eigenvalue weighted by Crippen LogP contribution is 2.50. The molecule has 1 aliphatic rings. The highest BCUT2D eigenvalue weighted by atomic mass is 31.2. The molecule has 1 aromatic heterocycles. The van der Waals surface area contributed by atoms with Crippen molar-refractivity contribution in [2.45, 2.75) is 31.5 Å². The molecule has 0 aliphatic carbocycles. The third kappa shape index (κ3) is 7.90. The monoisotopic (exact) mass is 567 g/mol. The summed E-state index contributed by atoms with van der Waals surface area (Å²) in [7, 11) is -9.25. The zero-order valence-corrected chi connectivity index (χ0v) is 21.8. The molecule has 13 nitrogen and oxygen atoms in total. The minimum atomic E-state index is -4.70. The Labute approximate surface area is 218 Å². The smallest absolute Gasteiger partial charge is 0.383 e. The summed E-state index contributed by atoms with van der Waals surface area (Å²) in [6.45, 7) is -1.13. The molecule has 204 valence electrons. The number of hydrogen-bond donors (Lipinski definition) is 3. The first-order chi connectivity index (χ1) is 18.1. The zero-order chi connectivity index (χ0) is 27.2. The molecule has 4 N–H and O–H groups in total. The van der Waals surface area contributed by atoms with Gasteiger partial charge < -0.3 is 20.3 Å². The van der Waals surface area contributed by atoms with Crippen LogP contribution in [0.4, 0.5) is 5.82 Å². The van der Waals surface area contributed by atoms with E-state index in [4.69, 9.17) is 28.6 Å². The van der Waals surface area contributed by atoms with Gasteiger partial charge in [-0.3, -0.25) is 22.7 Å². The fraction of sp³-hybridized carbons (Fsp3) is 0.304. The van der Waals surface area contributed by atoms with Crippen molar-refractivity contribution in [2.24, 2.45) is 0 Å². The number of benzene rings is 2. The number of phosphoric acid groups is 2. The van der Waals surface area contributed by atoms with E-state index in [9.17, 15) is 23.7 Å². The summed E-state index contributed by atoms with van der Waals surface area (Å²) in [6, 6.07) is 17.8. The van der Waals surface area contributed by atoms with Crippen molar-refractivity contribution in [2.75, 3.05) is 18.9 Å². The molecule has 1 fully saturated rings. The van der Waals surface area contributed by atoms with Gasteiger partial charge in [0.25, 0.3) is 0 Å². The zero-order valence-electron chi connectivity index (χ0n) is 20.0. The number of aromatic nitrogens is 2. The Hall–Kier alpha value is -2.70. The number of hydrogen-bond acceptors (Lipinski definition) is 10. The molecule has 3 aromatic rings. The average molecular weight is 567 g/mol. The van der Waals surface area contributed by atoms with Crippen LogP contribution < -0.4 is 11.4 Å². The third-order valence-corrected chi connectivity index (χ3v) is 7.46. The predicted molar refractivity (Wildman–Crippen MR) is 135 cm³/mol. The topological polar surface area (TPSA) is 182 Å². The maximum absolute atomic E-state index is 12.8. The van der Waals surface area contributed by atoms with Gasteiger partial charge in [0.15, 0.2) is 0 Å². The van der Waals surface area contributed by atoms with Crippen LogP contribution in [0.5, 0.6) is 0 Å². The quantitative estimate of drug-likeness (QED) is 0.273. The molecule has 1 aliphatic heterocycles. The third-order valence-electron chi connectivity index (χ3n) is 5.57. The summed E-state index contributed by atoms with van der Waals surface area (Å²) < 4.78 is 52.7. The fourth-order valence-corrected chi connectivity index (χ4v) is 5.39. The summed E-state index contributed by atoms with van der Waals surface area (Å²) in [5, 5.41) is 0. The van der Waals surface area contributed by atoms with Crippen molar-refractivity contribution < 1.29 is 41.7 Å². The highest BCUT2D eigenvalue weighted by Gasteiger charge is 2.45. The van der Waals surface area contributed by atoms with Gasteiger partial charge in [-0.2, -0.15) is 4.98 Å². The fourth-order valence-electron chi connectivity index (χ4n) is 3.71. The minimum Gasteiger partial charge on any atom is -0.383 e. The van der Waals surface area contributed by atoms with Gasteiger partial charge in [-0.05, 0) is 17.2 Å². The summed E-state index contributed by atoms with van der Waals surface area (Å²) in [5.41, 5.74) is 6.10. The second-order valence-electron chi connectivity index (χ2n) is 8.30. The molecule has 3 unspecified atom stereocenters. The Morgan fingerprint density at radius 3 is 2.08 bits per heavy atom. The minimum absolute atomic E-state index is 0.0154. The van der Waals surface area contributed by atoms with Gasteiger partial charge in [-0.25, -0.2) is 13.9 Å². The number of nitrogens with zero attached hydrogens (tertiary/aromatic N) is 2. The summed E-state index contributed by atoms with van der Waals surface area (Å²) in [5.74, 6) is -0.0154. The first-order valence-electron chi connectivity index (χ1n) is 11.4. The lowest BCUT2D eigenvalue weighted by atomic mass is 10.1. The van der Waals surface area contributed by atoms with Gasteiger partial charge in [0.1, 0.15) is 18.0 Å². The van der Waals surface area contributed by atoms with E-state index < -0.39 is 46.2 Å². The SMILES string of the molecule is Nc1ccn(C2CO[C@H](COP(=O)(O)OCc3ccccc3)[C@H]2OP(=O)(O)OCc2ccccc2)c(=O)n1. The molecule has 0 saturated carbocycles. The summed E-state index contributed by atoms with van der Waals surface area (Å²) in [6.07, 6.45) is -1.12. The number of phosphoric ester groups is 2. The molecule has 0 radical (unpaired) electrons. The molecule has 5 atom stereocenters. The predicted octanol–water partition coefficient (Wildman–Crippen LogP) is 2.80. The van der Waals surface area contributed by atoms with E-state index in [-0.39, 0.29) is 25.6 Å². The Morgan fingerprint density at radius 2 is 1.50 bits per heavy atom. The number of ether oxygens (including phenoxy) is 1. The van der Waals surface area contributed by atoms with E-state index in [1.54, 1.807) is 60.7 Å². The normalized spacial score (nSPS) is 22.5. The van der Waals surface area contributed by atoms with Crippen LogP contribution >= 0.6 is 15.6 Å². The van der Waals surface area contributed by atoms with Crippen molar-refractivity contribution in [1.82, 2.24) is 9.55 Å². The lowest BCUT2D eigenvalue weighted by Crippen LogP contribution is -2.38. The van der Waals surface area contributed by atoms with E-state index in [1.807, 2.05) is 0 Å². The lowest BCUT2D eigenvalue weighted by Gasteiger charge is -2.26. The van der Waals surface area contributed by atoms with Gasteiger partial charge in [-0.1, -0.05) is 60.7 Å². The molecule has 0 bridgehead atoms. The van der Waals surface area contributed by atoms with Crippen molar-refractivity contribution in [3.63, 3.8) is 0 Å². The maximum atomic E-state index is 12.8. The summed E-state index contributed by atoms with van der Waals surface area (Å²) >= 11 is 0. The Bertz CT molecular complexity index is 1360. The van der Waals surface area contributed by atoms with Gasteiger partial charge >= 0.3 is 21.3 Å². The first-order valence-corrected chi connectivity index (χ1v) is 14.4. The molecule has 0 amide bonds. The van der Waals surface area contributed by atoms with Crippen LogP contribution in [0.3, 0.4) is 0 Å². The molecular weight excluding hydrogens is 540 g/mol. The van der Waals surface area contributed by atoms with Crippen molar-refractivity contribution in [3.8, 4) is 0 Å². The average Bonchev–Trinajstić information content (AvgIpc) is 3.28. The molecular formula is C23H27N3O10P2. The van der Waals surface area contributed by atoms with Crippen LogP contribution in [0.25, 0.3) is 0 Å². The lowest BCUT2D eigenvalue weighted by molar-refractivity contribution is -0.00662. The molecule has 2 aromatic carbocycles. The van der Waals surface area contributed by atoms with Gasteiger partial charge in [0.05, 0.1) is 32.5 Å². The van der Waals surface area contributed by atoms with E-state index in [0.717, 1.165) is 4.57 Å². The highest BCUT2D eigenvalue weighted by molar-refractivity contribution is 7.47. The largest absolute Gasteiger partial charge is 0.472 e. The molecule has 4 rings (SSSR count). The van der Waals surface area contributed by atoms with Crippen LogP contribution in [0.2, 0.25) is 0 Å². The van der Waals surface area contributed by atoms with Gasteiger partial charge in [0.2, 0.25) is 0 Å². The van der Waals surface area contributed by atoms with Crippen LogP contribution in [0.15, 0.2) is 77.7 Å². The van der Waals surface area contributed by atoms with Gasteiger partial charge in [0, 0.05) is 6.20 Å². The van der Waals surface area contributed by atoms with Gasteiger partial charge in [-0.15, -0.1) is 0 Å². The molecule has 1 saturated heterocycles. The van der Waals surface area contributed by atoms with E-state index in [2.05, 4.69) is 4.98 Å². The second-order valence-corrected chi connectivity index (χ2v) is 11.2. The Morgan fingerprint density at radius 1 is 0.921 bits per heavy atom. The van der Waals surface area contributed by atoms with Crippen LogP contribution in [-0.2, 0) is 45.2 Å². The second kappa shape index (κ2) is 12.4. The number of nitrogen functional groups attached to an aromatic ring is 1. The Balaban J connectivity index is 1.47. The molecule has 0 spiro atoms. The molecule has 15 heteroatoms. The van der Waals surface area contributed by atoms with E-state index in [0.29, 0.717) is 11.1 Å².